The van der Waals surface area contributed by atoms with Crippen molar-refractivity contribution in [3.8, 4) is 0 Å². The number of hydrogen-bond donors (Lipinski definition) is 1. The van der Waals surface area contributed by atoms with Crippen molar-refractivity contribution in [2.24, 2.45) is 0 Å². The number of benzene rings is 1. The van der Waals surface area contributed by atoms with Crippen LogP contribution < -0.4 is 5.32 Å². The zero-order valence-corrected chi connectivity index (χ0v) is 16.9. The highest BCUT2D eigenvalue weighted by Gasteiger charge is 2.27. The molecule has 0 aromatic heterocycles. The summed E-state index contributed by atoms with van der Waals surface area (Å²) in [5.41, 5.74) is 0.191. The number of halogens is 1. The van der Waals surface area contributed by atoms with E-state index in [4.69, 9.17) is 16.3 Å². The molecule has 7 nitrogen and oxygen atoms in total. The van der Waals surface area contributed by atoms with Crippen LogP contribution in [0.5, 0.6) is 0 Å². The average molecular weight is 416 g/mol. The predicted octanol–water partition coefficient (Wildman–Crippen LogP) is 1.58. The minimum atomic E-state index is -3.60. The Hall–Kier alpha value is -1.19. The Morgan fingerprint density at radius 3 is 2.52 bits per heavy atom. The molecule has 0 atom stereocenters. The summed E-state index contributed by atoms with van der Waals surface area (Å²) in [5.74, 6) is -0.357. The molecular formula is C18H26ClN3O4S. The van der Waals surface area contributed by atoms with Crippen molar-refractivity contribution in [3.63, 3.8) is 0 Å². The number of amides is 1. The molecular weight excluding hydrogens is 390 g/mol. The van der Waals surface area contributed by atoms with E-state index in [2.05, 4.69) is 10.2 Å². The lowest BCUT2D eigenvalue weighted by Crippen LogP contribution is -2.41. The first-order valence-corrected chi connectivity index (χ1v) is 11.2. The van der Waals surface area contributed by atoms with E-state index in [1.165, 1.54) is 22.5 Å². The first-order valence-electron chi connectivity index (χ1n) is 9.36. The molecule has 0 saturated carbocycles. The zero-order valence-electron chi connectivity index (χ0n) is 15.3. The molecule has 1 aromatic carbocycles. The molecule has 2 aliphatic heterocycles. The Kier molecular flexibility index (Phi) is 7.10. The molecule has 2 aliphatic rings. The van der Waals surface area contributed by atoms with Crippen molar-refractivity contribution in [1.82, 2.24) is 14.5 Å². The molecule has 150 valence electrons. The van der Waals surface area contributed by atoms with Gasteiger partial charge in [0, 0.05) is 39.3 Å². The van der Waals surface area contributed by atoms with Gasteiger partial charge in [-0.1, -0.05) is 18.0 Å². The average Bonchev–Trinajstić information content (AvgIpc) is 2.69. The van der Waals surface area contributed by atoms with Crippen LogP contribution in [0.25, 0.3) is 0 Å². The van der Waals surface area contributed by atoms with Crippen LogP contribution in [0.3, 0.4) is 0 Å². The lowest BCUT2D eigenvalue weighted by atomic mass is 10.2. The molecule has 0 radical (unpaired) electrons. The minimum Gasteiger partial charge on any atom is -0.379 e. The molecule has 2 heterocycles. The summed E-state index contributed by atoms with van der Waals surface area (Å²) < 4.78 is 32.4. The van der Waals surface area contributed by atoms with Gasteiger partial charge in [0.05, 0.1) is 28.7 Å². The maximum Gasteiger partial charge on any atom is 0.252 e. The molecule has 1 N–H and O–H groups in total. The SMILES string of the molecule is O=C(NCCN1CCOCC1)c1cc(S(=O)(=O)N2CCCCC2)ccc1Cl. The third-order valence-corrected chi connectivity index (χ3v) is 7.18. The fourth-order valence-corrected chi connectivity index (χ4v) is 5.09. The van der Waals surface area contributed by atoms with Gasteiger partial charge in [0.25, 0.3) is 5.91 Å². The third-order valence-electron chi connectivity index (χ3n) is 4.95. The third kappa shape index (κ3) is 5.20. The van der Waals surface area contributed by atoms with Crippen LogP contribution in [0.2, 0.25) is 5.02 Å². The van der Waals surface area contributed by atoms with Crippen molar-refractivity contribution in [3.05, 3.63) is 28.8 Å². The van der Waals surface area contributed by atoms with E-state index in [-0.39, 0.29) is 21.4 Å². The first kappa shape index (κ1) is 20.5. The number of piperidine rings is 1. The summed E-state index contributed by atoms with van der Waals surface area (Å²) in [6.07, 6.45) is 2.77. The van der Waals surface area contributed by atoms with E-state index in [0.29, 0.717) is 32.8 Å². The van der Waals surface area contributed by atoms with E-state index in [1.807, 2.05) is 0 Å². The number of carbonyl (C=O) groups is 1. The monoisotopic (exact) mass is 415 g/mol. The van der Waals surface area contributed by atoms with Gasteiger partial charge in [-0.05, 0) is 31.0 Å². The molecule has 0 aliphatic carbocycles. The van der Waals surface area contributed by atoms with Gasteiger partial charge in [0.15, 0.2) is 0 Å². The Bertz CT molecular complexity index is 760. The summed E-state index contributed by atoms with van der Waals surface area (Å²) >= 11 is 6.16. The summed E-state index contributed by atoms with van der Waals surface area (Å²) in [6, 6.07) is 4.34. The van der Waals surface area contributed by atoms with Crippen LogP contribution in [0.4, 0.5) is 0 Å². The molecule has 0 unspecified atom stereocenters. The van der Waals surface area contributed by atoms with Crippen molar-refractivity contribution in [2.75, 3.05) is 52.5 Å². The highest BCUT2D eigenvalue weighted by atomic mass is 35.5. The number of nitrogens with zero attached hydrogens (tertiary/aromatic N) is 2. The van der Waals surface area contributed by atoms with Gasteiger partial charge in [0.2, 0.25) is 10.0 Å². The van der Waals surface area contributed by atoms with Crippen LogP contribution in [-0.2, 0) is 14.8 Å². The minimum absolute atomic E-state index is 0.118. The maximum absolute atomic E-state index is 12.8. The van der Waals surface area contributed by atoms with Crippen LogP contribution in [0.1, 0.15) is 29.6 Å². The van der Waals surface area contributed by atoms with Crippen LogP contribution in [0.15, 0.2) is 23.1 Å². The smallest absolute Gasteiger partial charge is 0.252 e. The Balaban J connectivity index is 1.66. The predicted molar refractivity (Wildman–Crippen MR) is 104 cm³/mol. The van der Waals surface area contributed by atoms with Crippen molar-refractivity contribution >= 4 is 27.5 Å². The number of morpholine rings is 1. The van der Waals surface area contributed by atoms with Crippen molar-refractivity contribution in [2.45, 2.75) is 24.2 Å². The van der Waals surface area contributed by atoms with E-state index >= 15 is 0 Å². The quantitative estimate of drug-likeness (QED) is 0.763. The lowest BCUT2D eigenvalue weighted by molar-refractivity contribution is 0.0383. The van der Waals surface area contributed by atoms with E-state index in [0.717, 1.165) is 38.9 Å². The second-order valence-corrected chi connectivity index (χ2v) is 9.16. The Labute approximate surface area is 165 Å². The fraction of sp³-hybridized carbons (Fsp3) is 0.611. The molecule has 3 rings (SSSR count). The molecule has 2 fully saturated rings. The van der Waals surface area contributed by atoms with Gasteiger partial charge in [-0.25, -0.2) is 8.42 Å². The molecule has 1 amide bonds. The molecule has 1 aromatic rings. The number of nitrogens with one attached hydrogen (secondary N) is 1. The van der Waals surface area contributed by atoms with E-state index < -0.39 is 10.0 Å². The van der Waals surface area contributed by atoms with Gasteiger partial charge in [-0.3, -0.25) is 9.69 Å². The molecule has 27 heavy (non-hydrogen) atoms. The number of ether oxygens (including phenoxy) is 1. The van der Waals surface area contributed by atoms with Crippen LogP contribution >= 0.6 is 11.6 Å². The molecule has 0 spiro atoms. The largest absolute Gasteiger partial charge is 0.379 e. The lowest BCUT2D eigenvalue weighted by Gasteiger charge is -2.26. The number of rotatable bonds is 6. The number of hydrogen-bond acceptors (Lipinski definition) is 5. The van der Waals surface area contributed by atoms with Crippen LogP contribution in [0, 0.1) is 0 Å². The highest BCUT2D eigenvalue weighted by molar-refractivity contribution is 7.89. The van der Waals surface area contributed by atoms with Gasteiger partial charge < -0.3 is 10.1 Å². The normalized spacial score (nSPS) is 19.7. The first-order chi connectivity index (χ1) is 13.0. The second kappa shape index (κ2) is 9.34. The molecule has 0 bridgehead atoms. The standard InChI is InChI=1S/C18H26ClN3O4S/c19-17-5-4-15(27(24,25)22-7-2-1-3-8-22)14-16(17)18(23)20-6-9-21-10-12-26-13-11-21/h4-5,14H,1-3,6-13H2,(H,20,23). The number of sulfonamides is 1. The summed E-state index contributed by atoms with van der Waals surface area (Å²) in [4.78, 5) is 14.8. The van der Waals surface area contributed by atoms with E-state index in [9.17, 15) is 13.2 Å². The topological polar surface area (TPSA) is 79.0 Å². The summed E-state index contributed by atoms with van der Waals surface area (Å²) in [5, 5.41) is 3.08. The summed E-state index contributed by atoms with van der Waals surface area (Å²) in [6.45, 7) is 5.33. The van der Waals surface area contributed by atoms with Gasteiger partial charge >= 0.3 is 0 Å². The fourth-order valence-electron chi connectivity index (χ4n) is 3.34. The second-order valence-electron chi connectivity index (χ2n) is 6.82. The van der Waals surface area contributed by atoms with Crippen molar-refractivity contribution in [1.29, 1.82) is 0 Å². The van der Waals surface area contributed by atoms with Gasteiger partial charge in [0.1, 0.15) is 0 Å². The molecule has 9 heteroatoms. The van der Waals surface area contributed by atoms with Crippen molar-refractivity contribution < 1.29 is 17.9 Å². The Morgan fingerprint density at radius 2 is 1.81 bits per heavy atom. The summed E-state index contributed by atoms with van der Waals surface area (Å²) in [7, 11) is -3.60. The zero-order chi connectivity index (χ0) is 19.3. The van der Waals surface area contributed by atoms with Crippen LogP contribution in [-0.4, -0.2) is 76.0 Å². The maximum atomic E-state index is 12.8. The molecule has 2 saturated heterocycles. The Morgan fingerprint density at radius 1 is 1.11 bits per heavy atom. The van der Waals surface area contributed by atoms with Gasteiger partial charge in [-0.15, -0.1) is 0 Å². The number of carbonyl (C=O) groups excluding carboxylic acids is 1. The van der Waals surface area contributed by atoms with E-state index in [1.54, 1.807) is 0 Å². The highest BCUT2D eigenvalue weighted by Crippen LogP contribution is 2.25. The van der Waals surface area contributed by atoms with Gasteiger partial charge in [-0.2, -0.15) is 4.31 Å².